The van der Waals surface area contributed by atoms with Crippen molar-refractivity contribution < 1.29 is 14.3 Å². The Morgan fingerprint density at radius 2 is 2.18 bits per heavy atom. The van der Waals surface area contributed by atoms with Crippen LogP contribution >= 0.6 is 0 Å². The summed E-state index contributed by atoms with van der Waals surface area (Å²) in [6.07, 6.45) is 0. The van der Waals surface area contributed by atoms with Crippen LogP contribution < -0.4 is 15.8 Å². The summed E-state index contributed by atoms with van der Waals surface area (Å²) in [5.41, 5.74) is 6.60. The molecule has 0 aliphatic heterocycles. The number of methoxy groups -OCH3 is 2. The Morgan fingerprint density at radius 1 is 1.47 bits per heavy atom. The number of ether oxygens (including phenoxy) is 2. The highest BCUT2D eigenvalue weighted by Gasteiger charge is 2.15. The Labute approximate surface area is 101 Å². The van der Waals surface area contributed by atoms with E-state index in [9.17, 15) is 4.79 Å². The lowest BCUT2D eigenvalue weighted by atomic mass is 10.1. The lowest BCUT2D eigenvalue weighted by molar-refractivity contribution is 0.0902. The Morgan fingerprint density at radius 3 is 2.76 bits per heavy atom. The number of hydrogen-bond donors (Lipinski definition) is 2. The largest absolute Gasteiger partial charge is 0.494 e. The van der Waals surface area contributed by atoms with Gasteiger partial charge in [-0.15, -0.1) is 0 Å². The number of hydrogen-bond acceptors (Lipinski definition) is 4. The van der Waals surface area contributed by atoms with Crippen molar-refractivity contribution in [1.29, 1.82) is 0 Å². The molecule has 0 fully saturated rings. The van der Waals surface area contributed by atoms with Crippen molar-refractivity contribution in [3.05, 3.63) is 23.8 Å². The number of rotatable bonds is 5. The molecule has 5 nitrogen and oxygen atoms in total. The lowest BCUT2D eigenvalue weighted by Gasteiger charge is -2.15. The molecular formula is C12H18N2O3. The number of carbonyl (C=O) groups excluding carboxylic acids is 1. The van der Waals surface area contributed by atoms with Gasteiger partial charge in [-0.3, -0.25) is 4.79 Å². The topological polar surface area (TPSA) is 73.6 Å². The van der Waals surface area contributed by atoms with Crippen LogP contribution in [0.2, 0.25) is 0 Å². The first-order valence-corrected chi connectivity index (χ1v) is 5.32. The van der Waals surface area contributed by atoms with Crippen LogP contribution in [0.5, 0.6) is 5.75 Å². The average molecular weight is 238 g/mol. The lowest BCUT2D eigenvalue weighted by Crippen LogP contribution is -2.35. The summed E-state index contributed by atoms with van der Waals surface area (Å²) in [5, 5.41) is 2.80. The van der Waals surface area contributed by atoms with Crippen molar-refractivity contribution in [2.45, 2.75) is 13.0 Å². The minimum absolute atomic E-state index is 0.0707. The molecule has 17 heavy (non-hydrogen) atoms. The molecule has 1 atom stereocenters. The maximum Gasteiger partial charge on any atom is 0.255 e. The molecule has 5 heteroatoms. The summed E-state index contributed by atoms with van der Waals surface area (Å²) >= 11 is 0. The maximum atomic E-state index is 12.0. The SMILES string of the molecule is COCC(C)NC(=O)c1cccc(N)c1OC. The van der Waals surface area contributed by atoms with E-state index in [1.54, 1.807) is 25.3 Å². The zero-order valence-corrected chi connectivity index (χ0v) is 10.3. The molecule has 1 unspecified atom stereocenters. The van der Waals surface area contributed by atoms with E-state index in [1.165, 1.54) is 7.11 Å². The third kappa shape index (κ3) is 3.35. The van der Waals surface area contributed by atoms with Gasteiger partial charge < -0.3 is 20.5 Å². The molecule has 0 spiro atoms. The Kier molecular flexibility index (Phi) is 4.78. The van der Waals surface area contributed by atoms with Crippen LogP contribution in [-0.4, -0.2) is 32.8 Å². The first-order valence-electron chi connectivity index (χ1n) is 5.32. The van der Waals surface area contributed by atoms with E-state index < -0.39 is 0 Å². The van der Waals surface area contributed by atoms with E-state index in [2.05, 4.69) is 5.32 Å². The second-order valence-electron chi connectivity index (χ2n) is 3.76. The minimum Gasteiger partial charge on any atom is -0.494 e. The van der Waals surface area contributed by atoms with Crippen molar-refractivity contribution in [1.82, 2.24) is 5.32 Å². The van der Waals surface area contributed by atoms with Gasteiger partial charge in [0.15, 0.2) is 5.75 Å². The number of para-hydroxylation sites is 1. The van der Waals surface area contributed by atoms with Gasteiger partial charge >= 0.3 is 0 Å². The Balaban J connectivity index is 2.85. The number of nitrogens with one attached hydrogen (secondary N) is 1. The second-order valence-corrected chi connectivity index (χ2v) is 3.76. The third-order valence-corrected chi connectivity index (χ3v) is 2.29. The number of nitrogen functional groups attached to an aromatic ring is 1. The molecule has 0 saturated carbocycles. The standard InChI is InChI=1S/C12H18N2O3/c1-8(7-16-2)14-12(15)9-5-4-6-10(13)11(9)17-3/h4-6,8H,7,13H2,1-3H3,(H,14,15). The van der Waals surface area contributed by atoms with E-state index in [0.29, 0.717) is 23.6 Å². The van der Waals surface area contributed by atoms with Crippen molar-refractivity contribution in [2.24, 2.45) is 0 Å². The molecular weight excluding hydrogens is 220 g/mol. The Hall–Kier alpha value is -1.75. The predicted octanol–water partition coefficient (Wildman–Crippen LogP) is 1.04. The summed E-state index contributed by atoms with van der Waals surface area (Å²) in [7, 11) is 3.07. The number of anilines is 1. The van der Waals surface area contributed by atoms with E-state index in [0.717, 1.165) is 0 Å². The zero-order valence-electron chi connectivity index (χ0n) is 10.3. The molecule has 0 aliphatic carbocycles. The molecule has 0 saturated heterocycles. The molecule has 0 aliphatic rings. The second kappa shape index (κ2) is 6.10. The van der Waals surface area contributed by atoms with Crippen LogP contribution in [0.3, 0.4) is 0 Å². The molecule has 94 valence electrons. The van der Waals surface area contributed by atoms with Crippen LogP contribution in [0.15, 0.2) is 18.2 Å². The van der Waals surface area contributed by atoms with Gasteiger partial charge in [0.05, 0.1) is 25.0 Å². The fraction of sp³-hybridized carbons (Fsp3) is 0.417. The van der Waals surface area contributed by atoms with Gasteiger partial charge in [-0.05, 0) is 19.1 Å². The smallest absolute Gasteiger partial charge is 0.255 e. The summed E-state index contributed by atoms with van der Waals surface area (Å²) in [4.78, 5) is 12.0. The van der Waals surface area contributed by atoms with E-state index >= 15 is 0 Å². The quantitative estimate of drug-likeness (QED) is 0.752. The predicted molar refractivity (Wildman–Crippen MR) is 66.2 cm³/mol. The van der Waals surface area contributed by atoms with Gasteiger partial charge in [-0.2, -0.15) is 0 Å². The highest BCUT2D eigenvalue weighted by atomic mass is 16.5. The van der Waals surface area contributed by atoms with Gasteiger partial charge in [0.1, 0.15) is 0 Å². The molecule has 1 aromatic rings. The van der Waals surface area contributed by atoms with E-state index in [1.807, 2.05) is 6.92 Å². The van der Waals surface area contributed by atoms with Crippen molar-refractivity contribution in [3.8, 4) is 5.75 Å². The summed E-state index contributed by atoms with van der Waals surface area (Å²) in [6, 6.07) is 5.00. The van der Waals surface area contributed by atoms with Gasteiger partial charge in [0.2, 0.25) is 0 Å². The highest BCUT2D eigenvalue weighted by molar-refractivity contribution is 5.98. The van der Waals surface area contributed by atoms with Crippen molar-refractivity contribution in [2.75, 3.05) is 26.6 Å². The normalized spacial score (nSPS) is 11.9. The van der Waals surface area contributed by atoms with Gasteiger partial charge in [-0.1, -0.05) is 6.07 Å². The van der Waals surface area contributed by atoms with Crippen molar-refractivity contribution >= 4 is 11.6 Å². The zero-order chi connectivity index (χ0) is 12.8. The van der Waals surface area contributed by atoms with Crippen molar-refractivity contribution in [3.63, 3.8) is 0 Å². The van der Waals surface area contributed by atoms with E-state index in [4.69, 9.17) is 15.2 Å². The fourth-order valence-electron chi connectivity index (χ4n) is 1.55. The molecule has 0 radical (unpaired) electrons. The van der Waals surface area contributed by atoms with E-state index in [-0.39, 0.29) is 11.9 Å². The molecule has 1 aromatic carbocycles. The Bertz CT molecular complexity index is 393. The number of carbonyl (C=O) groups is 1. The molecule has 0 bridgehead atoms. The molecule has 0 heterocycles. The molecule has 3 N–H and O–H groups in total. The summed E-state index contributed by atoms with van der Waals surface area (Å²) in [5.74, 6) is 0.174. The van der Waals surface area contributed by atoms with Crippen LogP contribution in [0.4, 0.5) is 5.69 Å². The summed E-state index contributed by atoms with van der Waals surface area (Å²) < 4.78 is 10.1. The number of benzene rings is 1. The molecule has 1 amide bonds. The third-order valence-electron chi connectivity index (χ3n) is 2.29. The van der Waals surface area contributed by atoms with Gasteiger partial charge in [0.25, 0.3) is 5.91 Å². The molecule has 1 rings (SSSR count). The number of amides is 1. The first-order chi connectivity index (χ1) is 8.10. The van der Waals surface area contributed by atoms with Crippen LogP contribution in [0, 0.1) is 0 Å². The van der Waals surface area contributed by atoms with Gasteiger partial charge in [-0.25, -0.2) is 0 Å². The van der Waals surface area contributed by atoms with Crippen LogP contribution in [0.1, 0.15) is 17.3 Å². The minimum atomic E-state index is -0.223. The highest BCUT2D eigenvalue weighted by Crippen LogP contribution is 2.25. The van der Waals surface area contributed by atoms with Crippen LogP contribution in [-0.2, 0) is 4.74 Å². The van der Waals surface area contributed by atoms with Crippen LogP contribution in [0.25, 0.3) is 0 Å². The first kappa shape index (κ1) is 13.3. The molecule has 0 aromatic heterocycles. The monoisotopic (exact) mass is 238 g/mol. The summed E-state index contributed by atoms with van der Waals surface area (Å²) in [6.45, 7) is 2.32. The average Bonchev–Trinajstić information content (AvgIpc) is 2.28. The maximum absolute atomic E-state index is 12.0. The fourth-order valence-corrected chi connectivity index (χ4v) is 1.55. The number of nitrogens with two attached hydrogens (primary N) is 1. The van der Waals surface area contributed by atoms with Gasteiger partial charge in [0, 0.05) is 13.2 Å².